The molecule has 0 radical (unpaired) electrons. The molecule has 0 bridgehead atoms. The first-order valence-corrected chi connectivity index (χ1v) is 9.24. The first kappa shape index (κ1) is 22.2. The molecule has 162 valence electrons. The number of carbonyl (C=O) groups is 1. The number of anilines is 2. The average Bonchev–Trinajstić information content (AvgIpc) is 2.76. The molecule has 0 spiro atoms. The monoisotopic (exact) mass is 452 g/mol. The minimum absolute atomic E-state index is 0.199. The standard InChI is InChI=1S/C19H16ClF3N6O2/c1-28(17-12(21)5-4-8-25-17)15(30)10-29-14(20)9-26-16(18(29)31)27-11-19(22,23)13-6-2-3-7-24-13/h2-9H,10-11H2,1H3,(H,26,27). The van der Waals surface area contributed by atoms with E-state index in [2.05, 4.69) is 20.3 Å². The van der Waals surface area contributed by atoms with E-state index in [1.165, 1.54) is 37.6 Å². The lowest BCUT2D eigenvalue weighted by atomic mass is 10.2. The molecule has 0 unspecified atom stereocenters. The van der Waals surface area contributed by atoms with E-state index in [0.29, 0.717) is 0 Å². The molecule has 0 saturated heterocycles. The Morgan fingerprint density at radius 3 is 2.61 bits per heavy atom. The number of halogens is 4. The van der Waals surface area contributed by atoms with Gasteiger partial charge in [-0.2, -0.15) is 8.78 Å². The third-order valence-electron chi connectivity index (χ3n) is 4.25. The summed E-state index contributed by atoms with van der Waals surface area (Å²) in [6.07, 6.45) is 3.57. The summed E-state index contributed by atoms with van der Waals surface area (Å²) in [7, 11) is 1.28. The molecule has 1 amide bonds. The number of pyridine rings is 2. The first-order chi connectivity index (χ1) is 14.7. The molecule has 0 atom stereocenters. The largest absolute Gasteiger partial charge is 0.359 e. The Bertz CT molecular complexity index is 1140. The Hall–Kier alpha value is -3.47. The Balaban J connectivity index is 1.79. The average molecular weight is 453 g/mol. The van der Waals surface area contributed by atoms with Crippen molar-refractivity contribution in [1.82, 2.24) is 19.5 Å². The smallest absolute Gasteiger partial charge is 0.306 e. The SMILES string of the molecule is CN(C(=O)Cn1c(Cl)cnc(NCC(F)(F)c2ccccn2)c1=O)c1ncccc1F. The Labute approximate surface area is 179 Å². The van der Waals surface area contributed by atoms with E-state index in [4.69, 9.17) is 11.6 Å². The maximum absolute atomic E-state index is 14.3. The fraction of sp³-hybridized carbons (Fsp3) is 0.211. The van der Waals surface area contributed by atoms with E-state index in [1.807, 2.05) is 0 Å². The number of nitrogens with zero attached hydrogens (tertiary/aromatic N) is 5. The summed E-state index contributed by atoms with van der Waals surface area (Å²) in [6.45, 7) is -1.54. The lowest BCUT2D eigenvalue weighted by Crippen LogP contribution is -2.37. The number of rotatable bonds is 7. The first-order valence-electron chi connectivity index (χ1n) is 8.86. The summed E-state index contributed by atoms with van der Waals surface area (Å²) >= 11 is 5.97. The Morgan fingerprint density at radius 1 is 1.19 bits per heavy atom. The van der Waals surface area contributed by atoms with Crippen LogP contribution in [0.5, 0.6) is 0 Å². The minimum atomic E-state index is -3.38. The van der Waals surface area contributed by atoms with E-state index in [0.717, 1.165) is 27.8 Å². The van der Waals surface area contributed by atoms with E-state index < -0.39 is 47.8 Å². The van der Waals surface area contributed by atoms with E-state index in [9.17, 15) is 22.8 Å². The van der Waals surface area contributed by atoms with Crippen molar-refractivity contribution in [3.05, 3.63) is 75.9 Å². The van der Waals surface area contributed by atoms with Crippen molar-refractivity contribution in [2.45, 2.75) is 12.5 Å². The molecule has 0 saturated carbocycles. The Morgan fingerprint density at radius 2 is 1.94 bits per heavy atom. The fourth-order valence-corrected chi connectivity index (χ4v) is 2.77. The van der Waals surface area contributed by atoms with Gasteiger partial charge in [-0.05, 0) is 24.3 Å². The number of hydrogen-bond donors (Lipinski definition) is 1. The second kappa shape index (κ2) is 9.13. The summed E-state index contributed by atoms with van der Waals surface area (Å²) < 4.78 is 43.3. The molecule has 0 aliphatic heterocycles. The van der Waals surface area contributed by atoms with E-state index in [1.54, 1.807) is 0 Å². The van der Waals surface area contributed by atoms with Gasteiger partial charge in [0.1, 0.15) is 17.4 Å². The van der Waals surface area contributed by atoms with Crippen LogP contribution in [0.2, 0.25) is 5.15 Å². The predicted molar refractivity (Wildman–Crippen MR) is 108 cm³/mol. The van der Waals surface area contributed by atoms with Crippen molar-refractivity contribution < 1.29 is 18.0 Å². The van der Waals surface area contributed by atoms with Crippen molar-refractivity contribution in [1.29, 1.82) is 0 Å². The van der Waals surface area contributed by atoms with Crippen LogP contribution in [-0.4, -0.2) is 39.0 Å². The van der Waals surface area contributed by atoms with Crippen LogP contribution in [0.1, 0.15) is 5.69 Å². The van der Waals surface area contributed by atoms with Gasteiger partial charge in [-0.25, -0.2) is 14.4 Å². The van der Waals surface area contributed by atoms with Gasteiger partial charge in [-0.3, -0.25) is 24.0 Å². The molecule has 3 aromatic rings. The van der Waals surface area contributed by atoms with Crippen LogP contribution in [0.25, 0.3) is 0 Å². The molecule has 31 heavy (non-hydrogen) atoms. The van der Waals surface area contributed by atoms with Crippen molar-refractivity contribution in [2.24, 2.45) is 0 Å². The fourth-order valence-electron chi connectivity index (χ4n) is 2.58. The summed E-state index contributed by atoms with van der Waals surface area (Å²) in [5, 5.41) is 2.07. The lowest BCUT2D eigenvalue weighted by Gasteiger charge is -2.19. The van der Waals surface area contributed by atoms with Crippen LogP contribution < -0.4 is 15.8 Å². The number of aromatic nitrogens is 4. The third kappa shape index (κ3) is 5.00. The molecular formula is C19H16ClF3N6O2. The zero-order chi connectivity index (χ0) is 22.6. The molecule has 0 aliphatic rings. The number of carbonyl (C=O) groups excluding carboxylic acids is 1. The van der Waals surface area contributed by atoms with Crippen LogP contribution in [0, 0.1) is 5.82 Å². The third-order valence-corrected chi connectivity index (χ3v) is 4.55. The van der Waals surface area contributed by atoms with Crippen LogP contribution in [0.3, 0.4) is 0 Å². The number of nitrogens with one attached hydrogen (secondary N) is 1. The zero-order valence-corrected chi connectivity index (χ0v) is 16.9. The van der Waals surface area contributed by atoms with Gasteiger partial charge in [0.25, 0.3) is 5.56 Å². The van der Waals surface area contributed by atoms with E-state index >= 15 is 0 Å². The van der Waals surface area contributed by atoms with Gasteiger partial charge in [-0.15, -0.1) is 0 Å². The maximum Gasteiger partial charge on any atom is 0.306 e. The van der Waals surface area contributed by atoms with Gasteiger partial charge < -0.3 is 5.32 Å². The van der Waals surface area contributed by atoms with Crippen molar-refractivity contribution in [3.8, 4) is 0 Å². The number of amides is 1. The van der Waals surface area contributed by atoms with Gasteiger partial charge in [0.15, 0.2) is 17.5 Å². The van der Waals surface area contributed by atoms with Gasteiger partial charge in [0.2, 0.25) is 5.91 Å². The molecular weight excluding hydrogens is 437 g/mol. The van der Waals surface area contributed by atoms with E-state index in [-0.39, 0.29) is 11.0 Å². The number of alkyl halides is 2. The quantitative estimate of drug-likeness (QED) is 0.592. The summed E-state index contributed by atoms with van der Waals surface area (Å²) in [4.78, 5) is 37.2. The second-order valence-electron chi connectivity index (χ2n) is 6.36. The molecule has 0 aliphatic carbocycles. The van der Waals surface area contributed by atoms with Gasteiger partial charge in [0.05, 0.1) is 12.7 Å². The molecule has 3 heterocycles. The number of hydrogen-bond acceptors (Lipinski definition) is 6. The maximum atomic E-state index is 14.3. The lowest BCUT2D eigenvalue weighted by molar-refractivity contribution is -0.119. The van der Waals surface area contributed by atoms with Crippen molar-refractivity contribution in [3.63, 3.8) is 0 Å². The van der Waals surface area contributed by atoms with Crippen LogP contribution in [0.15, 0.2) is 53.7 Å². The topological polar surface area (TPSA) is 93.0 Å². The van der Waals surface area contributed by atoms with Gasteiger partial charge in [0, 0.05) is 19.4 Å². The summed E-state index contributed by atoms with van der Waals surface area (Å²) in [5.74, 6) is -5.49. The molecule has 3 aromatic heterocycles. The summed E-state index contributed by atoms with van der Waals surface area (Å²) in [6, 6.07) is 6.55. The van der Waals surface area contributed by atoms with Gasteiger partial charge in [-0.1, -0.05) is 17.7 Å². The van der Waals surface area contributed by atoms with Crippen LogP contribution in [-0.2, 0) is 17.3 Å². The molecule has 0 aromatic carbocycles. The normalized spacial score (nSPS) is 11.3. The molecule has 0 fully saturated rings. The second-order valence-corrected chi connectivity index (χ2v) is 6.74. The molecule has 12 heteroatoms. The summed E-state index contributed by atoms with van der Waals surface area (Å²) in [5.41, 5.74) is -1.38. The molecule has 8 nitrogen and oxygen atoms in total. The van der Waals surface area contributed by atoms with Gasteiger partial charge >= 0.3 is 5.92 Å². The molecule has 3 rings (SSSR count). The minimum Gasteiger partial charge on any atom is -0.359 e. The molecule has 1 N–H and O–H groups in total. The highest BCUT2D eigenvalue weighted by Gasteiger charge is 2.33. The Kier molecular flexibility index (Phi) is 6.54. The highest BCUT2D eigenvalue weighted by molar-refractivity contribution is 6.29. The predicted octanol–water partition coefficient (Wildman–Crippen LogP) is 2.69. The number of likely N-dealkylation sites (N-methyl/N-ethyl adjacent to an activating group) is 1. The highest BCUT2D eigenvalue weighted by Crippen LogP contribution is 2.25. The van der Waals surface area contributed by atoms with Crippen molar-refractivity contribution in [2.75, 3.05) is 23.8 Å². The van der Waals surface area contributed by atoms with Crippen molar-refractivity contribution >= 4 is 29.1 Å². The zero-order valence-electron chi connectivity index (χ0n) is 16.1. The highest BCUT2D eigenvalue weighted by atomic mass is 35.5. The van der Waals surface area contributed by atoms with Crippen LogP contribution >= 0.6 is 11.6 Å². The van der Waals surface area contributed by atoms with Crippen LogP contribution in [0.4, 0.5) is 24.8 Å².